The van der Waals surface area contributed by atoms with Crippen molar-refractivity contribution in [3.63, 3.8) is 0 Å². The van der Waals surface area contributed by atoms with E-state index in [1.165, 1.54) is 6.42 Å². The van der Waals surface area contributed by atoms with Crippen molar-refractivity contribution in [2.75, 3.05) is 6.54 Å². The highest BCUT2D eigenvalue weighted by Crippen LogP contribution is 2.30. The van der Waals surface area contributed by atoms with Crippen LogP contribution < -0.4 is 5.32 Å². The van der Waals surface area contributed by atoms with Gasteiger partial charge in [0.2, 0.25) is 11.8 Å². The van der Waals surface area contributed by atoms with Gasteiger partial charge in [0.25, 0.3) is 0 Å². The number of hydrogen-bond donors (Lipinski definition) is 1. The summed E-state index contributed by atoms with van der Waals surface area (Å²) >= 11 is 0. The highest BCUT2D eigenvalue weighted by molar-refractivity contribution is 5.95. The molecular weight excluding hydrogens is 228 g/mol. The minimum atomic E-state index is -0.304. The normalized spacial score (nSPS) is 33.1. The predicted molar refractivity (Wildman–Crippen MR) is 69.9 cm³/mol. The van der Waals surface area contributed by atoms with Crippen LogP contribution in [0.5, 0.6) is 0 Å². The first-order chi connectivity index (χ1) is 8.47. The van der Waals surface area contributed by atoms with Gasteiger partial charge in [-0.15, -0.1) is 0 Å². The second-order valence-electron chi connectivity index (χ2n) is 6.29. The topological polar surface area (TPSA) is 49.4 Å². The molecule has 0 spiro atoms. The molecule has 1 heterocycles. The molecular formula is C14H24N2O2. The zero-order valence-electron chi connectivity index (χ0n) is 11.6. The molecule has 0 aromatic carbocycles. The maximum Gasteiger partial charge on any atom is 0.245 e. The molecule has 3 atom stereocenters. The Morgan fingerprint density at radius 3 is 2.61 bits per heavy atom. The van der Waals surface area contributed by atoms with E-state index in [1.54, 1.807) is 0 Å². The SMILES string of the molecule is CC(C)CC1NC(=O)CN(C2CCC(C)C2)C1=O. The van der Waals surface area contributed by atoms with Gasteiger partial charge in [0.05, 0.1) is 6.54 Å². The Bertz CT molecular complexity index is 341. The Labute approximate surface area is 109 Å². The Hall–Kier alpha value is -1.06. The molecule has 102 valence electrons. The summed E-state index contributed by atoms with van der Waals surface area (Å²) in [6, 6.07) is -0.0182. The first kappa shape index (κ1) is 13.4. The summed E-state index contributed by atoms with van der Waals surface area (Å²) in [7, 11) is 0. The predicted octanol–water partition coefficient (Wildman–Crippen LogP) is 1.55. The summed E-state index contributed by atoms with van der Waals surface area (Å²) < 4.78 is 0. The third-order valence-corrected chi connectivity index (χ3v) is 4.05. The van der Waals surface area contributed by atoms with Crippen LogP contribution in [0.4, 0.5) is 0 Å². The smallest absolute Gasteiger partial charge is 0.245 e. The Balaban J connectivity index is 2.05. The number of hydrogen-bond acceptors (Lipinski definition) is 2. The molecule has 1 aliphatic carbocycles. The van der Waals surface area contributed by atoms with Crippen molar-refractivity contribution in [2.24, 2.45) is 11.8 Å². The van der Waals surface area contributed by atoms with Crippen molar-refractivity contribution < 1.29 is 9.59 Å². The molecule has 2 fully saturated rings. The molecule has 2 amide bonds. The third-order valence-electron chi connectivity index (χ3n) is 4.05. The number of carbonyl (C=O) groups is 2. The summed E-state index contributed by atoms with van der Waals surface area (Å²) in [5, 5.41) is 2.83. The van der Waals surface area contributed by atoms with Crippen LogP contribution in [0, 0.1) is 11.8 Å². The van der Waals surface area contributed by atoms with Crippen LogP contribution in [0.1, 0.15) is 46.5 Å². The van der Waals surface area contributed by atoms with Gasteiger partial charge in [-0.3, -0.25) is 9.59 Å². The molecule has 2 aliphatic rings. The monoisotopic (exact) mass is 252 g/mol. The minimum Gasteiger partial charge on any atom is -0.343 e. The van der Waals surface area contributed by atoms with Crippen molar-refractivity contribution in [1.82, 2.24) is 10.2 Å². The van der Waals surface area contributed by atoms with Crippen LogP contribution in [0.2, 0.25) is 0 Å². The molecule has 1 saturated carbocycles. The molecule has 1 aliphatic heterocycles. The van der Waals surface area contributed by atoms with Crippen molar-refractivity contribution in [3.8, 4) is 0 Å². The summed E-state index contributed by atoms with van der Waals surface area (Å²) in [5.41, 5.74) is 0. The minimum absolute atomic E-state index is 0.000182. The fraction of sp³-hybridized carbons (Fsp3) is 0.857. The summed E-state index contributed by atoms with van der Waals surface area (Å²) in [5.74, 6) is 1.22. The van der Waals surface area contributed by atoms with E-state index in [0.717, 1.165) is 19.3 Å². The van der Waals surface area contributed by atoms with E-state index in [1.807, 2.05) is 4.90 Å². The molecule has 0 bridgehead atoms. The highest BCUT2D eigenvalue weighted by Gasteiger charge is 2.38. The number of nitrogens with one attached hydrogen (secondary N) is 1. The Morgan fingerprint density at radius 1 is 1.33 bits per heavy atom. The summed E-state index contributed by atoms with van der Waals surface area (Å²) in [4.78, 5) is 26.0. The highest BCUT2D eigenvalue weighted by atomic mass is 16.2. The van der Waals surface area contributed by atoms with Gasteiger partial charge in [0.15, 0.2) is 0 Å². The lowest BCUT2D eigenvalue weighted by Gasteiger charge is -2.37. The average molecular weight is 252 g/mol. The quantitative estimate of drug-likeness (QED) is 0.828. The van der Waals surface area contributed by atoms with Gasteiger partial charge in [-0.1, -0.05) is 20.8 Å². The van der Waals surface area contributed by atoms with Crippen molar-refractivity contribution in [3.05, 3.63) is 0 Å². The maximum atomic E-state index is 12.4. The third kappa shape index (κ3) is 2.85. The molecule has 3 unspecified atom stereocenters. The summed E-state index contributed by atoms with van der Waals surface area (Å²) in [6.07, 6.45) is 4.01. The lowest BCUT2D eigenvalue weighted by atomic mass is 9.99. The van der Waals surface area contributed by atoms with Crippen molar-refractivity contribution in [1.29, 1.82) is 0 Å². The molecule has 0 radical (unpaired) electrons. The molecule has 2 rings (SSSR count). The van der Waals surface area contributed by atoms with Crippen LogP contribution in [-0.2, 0) is 9.59 Å². The second-order valence-corrected chi connectivity index (χ2v) is 6.29. The molecule has 18 heavy (non-hydrogen) atoms. The van der Waals surface area contributed by atoms with Gasteiger partial charge in [-0.2, -0.15) is 0 Å². The van der Waals surface area contributed by atoms with E-state index in [0.29, 0.717) is 11.8 Å². The van der Waals surface area contributed by atoms with E-state index in [-0.39, 0.29) is 30.4 Å². The fourth-order valence-electron chi connectivity index (χ4n) is 3.13. The molecule has 0 aromatic heterocycles. The standard InChI is InChI=1S/C14H24N2O2/c1-9(2)6-12-14(18)16(8-13(17)15-12)11-5-4-10(3)7-11/h9-12H,4-8H2,1-3H3,(H,15,17). The van der Waals surface area contributed by atoms with Gasteiger partial charge in [0, 0.05) is 6.04 Å². The largest absolute Gasteiger partial charge is 0.343 e. The molecule has 4 nitrogen and oxygen atoms in total. The maximum absolute atomic E-state index is 12.4. The van der Waals surface area contributed by atoms with E-state index >= 15 is 0 Å². The van der Waals surface area contributed by atoms with E-state index in [2.05, 4.69) is 26.1 Å². The lowest BCUT2D eigenvalue weighted by molar-refractivity contribution is -0.147. The zero-order chi connectivity index (χ0) is 13.3. The molecule has 4 heteroatoms. The van der Waals surface area contributed by atoms with Crippen LogP contribution in [0.3, 0.4) is 0 Å². The van der Waals surface area contributed by atoms with Crippen molar-refractivity contribution >= 4 is 11.8 Å². The molecule has 1 saturated heterocycles. The van der Waals surface area contributed by atoms with E-state index < -0.39 is 0 Å². The average Bonchev–Trinajstić information content (AvgIpc) is 2.69. The molecule has 0 aromatic rings. The zero-order valence-corrected chi connectivity index (χ0v) is 11.6. The first-order valence-electron chi connectivity index (χ1n) is 7.07. The van der Waals surface area contributed by atoms with Gasteiger partial charge in [0.1, 0.15) is 6.04 Å². The summed E-state index contributed by atoms with van der Waals surface area (Å²) in [6.45, 7) is 6.64. The fourth-order valence-corrected chi connectivity index (χ4v) is 3.13. The van der Waals surface area contributed by atoms with E-state index in [4.69, 9.17) is 0 Å². The first-order valence-corrected chi connectivity index (χ1v) is 7.07. The van der Waals surface area contributed by atoms with E-state index in [9.17, 15) is 9.59 Å². The van der Waals surface area contributed by atoms with Gasteiger partial charge in [-0.05, 0) is 37.5 Å². The number of piperazine rings is 1. The lowest BCUT2D eigenvalue weighted by Crippen LogP contribution is -2.60. The Kier molecular flexibility index (Phi) is 3.93. The van der Waals surface area contributed by atoms with Gasteiger partial charge < -0.3 is 10.2 Å². The second kappa shape index (κ2) is 5.29. The van der Waals surface area contributed by atoms with Crippen LogP contribution in [0.25, 0.3) is 0 Å². The van der Waals surface area contributed by atoms with Gasteiger partial charge in [-0.25, -0.2) is 0 Å². The Morgan fingerprint density at radius 2 is 2.06 bits per heavy atom. The van der Waals surface area contributed by atoms with Crippen LogP contribution in [0.15, 0.2) is 0 Å². The number of amides is 2. The number of carbonyl (C=O) groups excluding carboxylic acids is 2. The molecule has 1 N–H and O–H groups in total. The van der Waals surface area contributed by atoms with Crippen LogP contribution >= 0.6 is 0 Å². The van der Waals surface area contributed by atoms with Crippen LogP contribution in [-0.4, -0.2) is 35.3 Å². The van der Waals surface area contributed by atoms with Gasteiger partial charge >= 0.3 is 0 Å². The number of nitrogens with zero attached hydrogens (tertiary/aromatic N) is 1. The number of rotatable bonds is 3. The van der Waals surface area contributed by atoms with Crippen molar-refractivity contribution in [2.45, 2.75) is 58.5 Å².